The van der Waals surface area contributed by atoms with E-state index in [4.69, 9.17) is 0 Å². The molecule has 0 aliphatic rings. The Labute approximate surface area is 177 Å². The Morgan fingerprint density at radius 3 is 1.23 bits per heavy atom. The Morgan fingerprint density at radius 2 is 0.767 bits per heavy atom. The molecular weight excluding hydrogens is 362 g/mol. The lowest BCUT2D eigenvalue weighted by Crippen LogP contribution is -1.87. The first kappa shape index (κ1) is 18.1. The highest BCUT2D eigenvalue weighted by Crippen LogP contribution is 2.33. The van der Waals surface area contributed by atoms with Crippen molar-refractivity contribution >= 4 is 0 Å². The molecule has 5 aromatic rings. The molecule has 1 nitrogen and oxygen atoms in total. The first-order valence-corrected chi connectivity index (χ1v) is 10.1. The highest BCUT2D eigenvalue weighted by Gasteiger charge is 2.08. The Hall–Kier alpha value is -3.97. The minimum atomic E-state index is 0.993. The maximum atomic E-state index is 4.46. The van der Waals surface area contributed by atoms with Crippen molar-refractivity contribution in [3.8, 4) is 44.6 Å². The second-order valence-corrected chi connectivity index (χ2v) is 7.32. The van der Waals surface area contributed by atoms with Gasteiger partial charge in [0.25, 0.3) is 0 Å². The van der Waals surface area contributed by atoms with Gasteiger partial charge in [-0.25, -0.2) is 0 Å². The van der Waals surface area contributed by atoms with Crippen LogP contribution in [0.5, 0.6) is 0 Å². The third-order valence-corrected chi connectivity index (χ3v) is 5.33. The van der Waals surface area contributed by atoms with Crippen LogP contribution in [0.3, 0.4) is 0 Å². The zero-order valence-corrected chi connectivity index (χ0v) is 16.6. The van der Waals surface area contributed by atoms with E-state index >= 15 is 0 Å². The highest BCUT2D eigenvalue weighted by atomic mass is 14.7. The molecule has 1 heteroatoms. The van der Waals surface area contributed by atoms with E-state index in [1.165, 1.54) is 33.4 Å². The summed E-state index contributed by atoms with van der Waals surface area (Å²) in [5.41, 5.74) is 9.42. The number of hydrogen-bond donors (Lipinski definition) is 0. The summed E-state index contributed by atoms with van der Waals surface area (Å²) in [5.74, 6) is 0. The SMILES string of the molecule is c1ccc(-c2cc(-c3ccccc3)cc(-c3ccc(-c4ccccn4)cc3)c2)cc1. The Bertz CT molecular complexity index is 1180. The summed E-state index contributed by atoms with van der Waals surface area (Å²) in [7, 11) is 0. The molecule has 0 unspecified atom stereocenters. The Morgan fingerprint density at radius 1 is 0.333 bits per heavy atom. The summed E-state index contributed by atoms with van der Waals surface area (Å²) in [5, 5.41) is 0. The normalized spacial score (nSPS) is 10.7. The largest absolute Gasteiger partial charge is 0.256 e. The summed E-state index contributed by atoms with van der Waals surface area (Å²) in [6, 6.07) is 42.6. The third-order valence-electron chi connectivity index (χ3n) is 5.33. The minimum Gasteiger partial charge on any atom is -0.256 e. The van der Waals surface area contributed by atoms with Crippen LogP contribution >= 0.6 is 0 Å². The summed E-state index contributed by atoms with van der Waals surface area (Å²) < 4.78 is 0. The average Bonchev–Trinajstić information content (AvgIpc) is 2.85. The molecular formula is C29H21N. The molecule has 0 bridgehead atoms. The standard InChI is InChI=1S/C29H21N/c1-3-9-22(10-4-1)26-19-27(23-11-5-2-6-12-23)21-28(20-26)24-14-16-25(17-15-24)29-13-7-8-18-30-29/h1-21H. The van der Waals surface area contributed by atoms with E-state index in [1.54, 1.807) is 0 Å². The lowest BCUT2D eigenvalue weighted by atomic mass is 9.93. The number of aromatic nitrogens is 1. The first-order chi connectivity index (χ1) is 14.9. The minimum absolute atomic E-state index is 0.993. The summed E-state index contributed by atoms with van der Waals surface area (Å²) in [6.45, 7) is 0. The fraction of sp³-hybridized carbons (Fsp3) is 0. The van der Waals surface area contributed by atoms with E-state index in [-0.39, 0.29) is 0 Å². The zero-order valence-electron chi connectivity index (χ0n) is 16.6. The third kappa shape index (κ3) is 3.78. The van der Waals surface area contributed by atoms with E-state index in [0.29, 0.717) is 0 Å². The molecule has 142 valence electrons. The predicted molar refractivity (Wildman–Crippen MR) is 126 cm³/mol. The topological polar surface area (TPSA) is 12.9 Å². The molecule has 0 N–H and O–H groups in total. The van der Waals surface area contributed by atoms with Gasteiger partial charge in [-0.1, -0.05) is 91.0 Å². The fourth-order valence-corrected chi connectivity index (χ4v) is 3.76. The van der Waals surface area contributed by atoms with E-state index < -0.39 is 0 Å². The van der Waals surface area contributed by atoms with Crippen LogP contribution in [0.15, 0.2) is 128 Å². The highest BCUT2D eigenvalue weighted by molar-refractivity contribution is 5.81. The van der Waals surface area contributed by atoms with Crippen LogP contribution in [-0.4, -0.2) is 4.98 Å². The van der Waals surface area contributed by atoms with Crippen molar-refractivity contribution in [2.45, 2.75) is 0 Å². The molecule has 0 saturated heterocycles. The average molecular weight is 383 g/mol. The molecule has 0 fully saturated rings. The van der Waals surface area contributed by atoms with E-state index in [1.807, 2.05) is 24.4 Å². The molecule has 0 saturated carbocycles. The van der Waals surface area contributed by atoms with Gasteiger partial charge in [0.15, 0.2) is 0 Å². The van der Waals surface area contributed by atoms with Gasteiger partial charge < -0.3 is 0 Å². The fourth-order valence-electron chi connectivity index (χ4n) is 3.76. The molecule has 1 aromatic heterocycles. The molecule has 1 heterocycles. The summed E-state index contributed by atoms with van der Waals surface area (Å²) in [4.78, 5) is 4.46. The zero-order chi connectivity index (χ0) is 20.2. The monoisotopic (exact) mass is 383 g/mol. The molecule has 0 spiro atoms. The first-order valence-electron chi connectivity index (χ1n) is 10.1. The molecule has 0 amide bonds. The lowest BCUT2D eigenvalue weighted by Gasteiger charge is -2.12. The lowest BCUT2D eigenvalue weighted by molar-refractivity contribution is 1.33. The molecule has 0 atom stereocenters. The van der Waals surface area contributed by atoms with Gasteiger partial charge in [0.2, 0.25) is 0 Å². The second-order valence-electron chi connectivity index (χ2n) is 7.32. The van der Waals surface area contributed by atoms with Crippen molar-refractivity contribution in [3.63, 3.8) is 0 Å². The van der Waals surface area contributed by atoms with Crippen molar-refractivity contribution < 1.29 is 0 Å². The smallest absolute Gasteiger partial charge is 0.0701 e. The van der Waals surface area contributed by atoms with Gasteiger partial charge in [0.1, 0.15) is 0 Å². The number of hydrogen-bond acceptors (Lipinski definition) is 1. The number of benzene rings is 4. The molecule has 4 aromatic carbocycles. The van der Waals surface area contributed by atoms with E-state index in [2.05, 4.69) is 108 Å². The van der Waals surface area contributed by atoms with Gasteiger partial charge in [-0.05, 0) is 63.7 Å². The van der Waals surface area contributed by atoms with Crippen LogP contribution < -0.4 is 0 Å². The summed E-state index contributed by atoms with van der Waals surface area (Å²) >= 11 is 0. The van der Waals surface area contributed by atoms with Gasteiger partial charge in [-0.3, -0.25) is 4.98 Å². The predicted octanol–water partition coefficient (Wildman–Crippen LogP) is 7.75. The number of rotatable bonds is 4. The van der Waals surface area contributed by atoms with Crippen LogP contribution in [0, 0.1) is 0 Å². The van der Waals surface area contributed by atoms with E-state index in [0.717, 1.165) is 11.3 Å². The van der Waals surface area contributed by atoms with Gasteiger partial charge >= 0.3 is 0 Å². The van der Waals surface area contributed by atoms with Crippen LogP contribution in [0.1, 0.15) is 0 Å². The van der Waals surface area contributed by atoms with Crippen LogP contribution in [0.4, 0.5) is 0 Å². The van der Waals surface area contributed by atoms with Crippen molar-refractivity contribution in [2.75, 3.05) is 0 Å². The van der Waals surface area contributed by atoms with Crippen molar-refractivity contribution in [3.05, 3.63) is 128 Å². The Kier molecular flexibility index (Phi) is 4.93. The molecule has 0 radical (unpaired) electrons. The summed E-state index contributed by atoms with van der Waals surface area (Å²) in [6.07, 6.45) is 1.83. The van der Waals surface area contributed by atoms with Crippen LogP contribution in [0.25, 0.3) is 44.6 Å². The van der Waals surface area contributed by atoms with Crippen molar-refractivity contribution in [1.82, 2.24) is 4.98 Å². The molecule has 0 aliphatic heterocycles. The van der Waals surface area contributed by atoms with Gasteiger partial charge in [-0.15, -0.1) is 0 Å². The second kappa shape index (κ2) is 8.18. The van der Waals surface area contributed by atoms with Gasteiger partial charge in [-0.2, -0.15) is 0 Å². The quantitative estimate of drug-likeness (QED) is 0.309. The molecule has 0 aliphatic carbocycles. The van der Waals surface area contributed by atoms with Gasteiger partial charge in [0, 0.05) is 11.8 Å². The maximum absolute atomic E-state index is 4.46. The van der Waals surface area contributed by atoms with E-state index in [9.17, 15) is 0 Å². The molecule has 30 heavy (non-hydrogen) atoms. The van der Waals surface area contributed by atoms with Crippen LogP contribution in [-0.2, 0) is 0 Å². The van der Waals surface area contributed by atoms with Crippen LogP contribution in [0.2, 0.25) is 0 Å². The van der Waals surface area contributed by atoms with Crippen molar-refractivity contribution in [2.24, 2.45) is 0 Å². The van der Waals surface area contributed by atoms with Crippen molar-refractivity contribution in [1.29, 1.82) is 0 Å². The van der Waals surface area contributed by atoms with Gasteiger partial charge in [0.05, 0.1) is 5.69 Å². The molecule has 5 rings (SSSR count). The number of pyridine rings is 1. The Balaban J connectivity index is 1.60. The maximum Gasteiger partial charge on any atom is 0.0701 e. The number of nitrogens with zero attached hydrogens (tertiary/aromatic N) is 1.